The van der Waals surface area contributed by atoms with Gasteiger partial charge in [-0.1, -0.05) is 0 Å². The van der Waals surface area contributed by atoms with Gasteiger partial charge in [-0.25, -0.2) is 0 Å². The third-order valence-corrected chi connectivity index (χ3v) is 5.13. The third-order valence-electron chi connectivity index (χ3n) is 4.54. The molecule has 1 amide bonds. The molecule has 3 rings (SSSR count). The number of ether oxygens (including phenoxy) is 1. The summed E-state index contributed by atoms with van der Waals surface area (Å²) in [5, 5.41) is 9.21. The van der Waals surface area contributed by atoms with Gasteiger partial charge in [0.05, 0.1) is 36.7 Å². The largest absolute Gasteiger partial charge is 0.483 e. The number of benzene rings is 1. The number of rotatable bonds is 5. The zero-order valence-corrected chi connectivity index (χ0v) is 17.0. The van der Waals surface area contributed by atoms with Crippen LogP contribution in [-0.4, -0.2) is 68.8 Å². The average Bonchev–Trinajstić information content (AvgIpc) is 2.59. The fraction of sp³-hybridized carbons (Fsp3) is 0.474. The van der Waals surface area contributed by atoms with Crippen LogP contribution in [0.25, 0.3) is 5.70 Å². The Balaban J connectivity index is 1.78. The van der Waals surface area contributed by atoms with Crippen molar-refractivity contribution in [1.29, 1.82) is 5.26 Å². The van der Waals surface area contributed by atoms with Crippen molar-refractivity contribution in [2.45, 2.75) is 19.4 Å². The van der Waals surface area contributed by atoms with Crippen molar-refractivity contribution in [1.82, 2.24) is 9.80 Å². The van der Waals surface area contributed by atoms with E-state index in [0.29, 0.717) is 30.9 Å². The predicted molar refractivity (Wildman–Crippen MR) is 103 cm³/mol. The smallest absolute Gasteiger partial charge is 0.264 e. The molecular formula is C19H23N3O5S. The van der Waals surface area contributed by atoms with Gasteiger partial charge in [-0.05, 0) is 38.1 Å². The maximum absolute atomic E-state index is 12.8. The summed E-state index contributed by atoms with van der Waals surface area (Å²) in [6.45, 7) is 5.41. The quantitative estimate of drug-likeness (QED) is 0.679. The van der Waals surface area contributed by atoms with E-state index in [1.807, 2.05) is 24.8 Å². The summed E-state index contributed by atoms with van der Waals surface area (Å²) >= 11 is 0. The molecule has 2 heterocycles. The maximum atomic E-state index is 12.8. The molecule has 0 radical (unpaired) electrons. The van der Waals surface area contributed by atoms with Crippen molar-refractivity contribution < 1.29 is 22.1 Å². The summed E-state index contributed by atoms with van der Waals surface area (Å²) in [6, 6.07) is 7.30. The molecule has 0 bridgehead atoms. The molecule has 1 aromatic rings. The van der Waals surface area contributed by atoms with Crippen LogP contribution in [-0.2, 0) is 19.1 Å². The van der Waals surface area contributed by atoms with Gasteiger partial charge in [-0.2, -0.15) is 13.7 Å². The number of piperazine rings is 1. The van der Waals surface area contributed by atoms with Crippen LogP contribution >= 0.6 is 0 Å². The molecule has 0 spiro atoms. The standard InChI is InChI=1S/C19H23N3O5S/c1-19(2)11-16(15-10-14(12-20)4-5-17(15)27-19)22-7-6-21(13-18(22)23)8-9-26-28(3,24)25/h4-5,10-11H,6-9,13H2,1-3H3. The topological polar surface area (TPSA) is 99.9 Å². The van der Waals surface area contributed by atoms with Gasteiger partial charge in [-0.15, -0.1) is 0 Å². The second kappa shape index (κ2) is 7.54. The number of hydrogen-bond acceptors (Lipinski definition) is 7. The van der Waals surface area contributed by atoms with Crippen LogP contribution in [0.5, 0.6) is 5.75 Å². The normalized spacial score (nSPS) is 19.4. The Hall–Kier alpha value is -2.41. The van der Waals surface area contributed by atoms with E-state index in [9.17, 15) is 18.5 Å². The molecule has 0 unspecified atom stereocenters. The lowest BCUT2D eigenvalue weighted by atomic mass is 9.96. The van der Waals surface area contributed by atoms with E-state index in [0.717, 1.165) is 17.5 Å². The molecule has 2 aliphatic heterocycles. The van der Waals surface area contributed by atoms with Gasteiger partial charge in [0.1, 0.15) is 11.4 Å². The zero-order chi connectivity index (χ0) is 20.5. The fourth-order valence-corrected chi connectivity index (χ4v) is 3.69. The van der Waals surface area contributed by atoms with Crippen molar-refractivity contribution in [2.75, 3.05) is 39.0 Å². The average molecular weight is 405 g/mol. The zero-order valence-electron chi connectivity index (χ0n) is 16.1. The molecule has 28 heavy (non-hydrogen) atoms. The van der Waals surface area contributed by atoms with E-state index in [4.69, 9.17) is 8.92 Å². The highest BCUT2D eigenvalue weighted by Crippen LogP contribution is 2.38. The third kappa shape index (κ3) is 4.70. The molecule has 0 aliphatic carbocycles. The number of nitriles is 1. The minimum atomic E-state index is -3.49. The van der Waals surface area contributed by atoms with Crippen LogP contribution in [0.15, 0.2) is 24.3 Å². The van der Waals surface area contributed by atoms with Crippen molar-refractivity contribution in [3.63, 3.8) is 0 Å². The molecule has 2 aliphatic rings. The minimum absolute atomic E-state index is 0.0179. The second-order valence-electron chi connectivity index (χ2n) is 7.41. The number of nitrogens with zero attached hydrogens (tertiary/aromatic N) is 3. The first-order valence-corrected chi connectivity index (χ1v) is 10.7. The van der Waals surface area contributed by atoms with E-state index >= 15 is 0 Å². The van der Waals surface area contributed by atoms with Crippen molar-refractivity contribution in [3.8, 4) is 11.8 Å². The van der Waals surface area contributed by atoms with Crippen LogP contribution in [0, 0.1) is 11.3 Å². The number of fused-ring (bicyclic) bond motifs is 1. The Labute approximate surface area is 165 Å². The van der Waals surface area contributed by atoms with Gasteiger partial charge in [0.25, 0.3) is 10.1 Å². The van der Waals surface area contributed by atoms with Gasteiger partial charge < -0.3 is 9.64 Å². The lowest BCUT2D eigenvalue weighted by Gasteiger charge is -2.39. The molecule has 0 aromatic heterocycles. The van der Waals surface area contributed by atoms with E-state index in [1.54, 1.807) is 23.1 Å². The fourth-order valence-electron chi connectivity index (χ4n) is 3.32. The highest BCUT2D eigenvalue weighted by molar-refractivity contribution is 7.85. The SMILES string of the molecule is CC1(C)C=C(N2CCN(CCOS(C)(=O)=O)CC2=O)c2cc(C#N)ccc2O1. The second-order valence-corrected chi connectivity index (χ2v) is 9.05. The first kappa shape index (κ1) is 20.3. The van der Waals surface area contributed by atoms with Crippen LogP contribution < -0.4 is 4.74 Å². The van der Waals surface area contributed by atoms with E-state index in [2.05, 4.69) is 6.07 Å². The van der Waals surface area contributed by atoms with Crippen LogP contribution in [0.4, 0.5) is 0 Å². The predicted octanol–water partition coefficient (Wildman–Crippen LogP) is 1.19. The van der Waals surface area contributed by atoms with Gasteiger partial charge >= 0.3 is 0 Å². The minimum Gasteiger partial charge on any atom is -0.483 e. The lowest BCUT2D eigenvalue weighted by molar-refractivity contribution is -0.132. The number of carbonyl (C=O) groups is 1. The summed E-state index contributed by atoms with van der Waals surface area (Å²) in [5.74, 6) is 0.543. The molecular weight excluding hydrogens is 382 g/mol. The van der Waals surface area contributed by atoms with Crippen molar-refractivity contribution in [2.24, 2.45) is 0 Å². The Morgan fingerprint density at radius 3 is 2.71 bits per heavy atom. The molecule has 9 heteroatoms. The van der Waals surface area contributed by atoms with E-state index < -0.39 is 15.7 Å². The highest BCUT2D eigenvalue weighted by Gasteiger charge is 2.34. The Bertz CT molecular complexity index is 962. The van der Waals surface area contributed by atoms with Gasteiger partial charge in [0, 0.05) is 25.2 Å². The summed E-state index contributed by atoms with van der Waals surface area (Å²) < 4.78 is 32.9. The lowest BCUT2D eigenvalue weighted by Crippen LogP contribution is -2.51. The van der Waals surface area contributed by atoms with Gasteiger partial charge in [-0.3, -0.25) is 13.9 Å². The molecule has 0 N–H and O–H groups in total. The van der Waals surface area contributed by atoms with Crippen LogP contribution in [0.2, 0.25) is 0 Å². The van der Waals surface area contributed by atoms with Crippen molar-refractivity contribution in [3.05, 3.63) is 35.4 Å². The summed E-state index contributed by atoms with van der Waals surface area (Å²) in [4.78, 5) is 16.4. The Kier molecular flexibility index (Phi) is 5.48. The molecule has 1 fully saturated rings. The Morgan fingerprint density at radius 2 is 2.07 bits per heavy atom. The van der Waals surface area contributed by atoms with Crippen molar-refractivity contribution >= 4 is 21.7 Å². The highest BCUT2D eigenvalue weighted by atomic mass is 32.2. The first-order chi connectivity index (χ1) is 13.1. The molecule has 0 atom stereocenters. The van der Waals surface area contributed by atoms with E-state index in [-0.39, 0.29) is 19.1 Å². The van der Waals surface area contributed by atoms with Crippen LogP contribution in [0.3, 0.4) is 0 Å². The maximum Gasteiger partial charge on any atom is 0.264 e. The number of hydrogen-bond donors (Lipinski definition) is 0. The van der Waals surface area contributed by atoms with Gasteiger partial charge in [0.15, 0.2) is 0 Å². The first-order valence-electron chi connectivity index (χ1n) is 8.91. The molecule has 1 aromatic carbocycles. The Morgan fingerprint density at radius 1 is 1.32 bits per heavy atom. The summed E-state index contributed by atoms with van der Waals surface area (Å²) in [7, 11) is -3.49. The summed E-state index contributed by atoms with van der Waals surface area (Å²) in [6.07, 6.45) is 2.90. The molecule has 0 saturated carbocycles. The monoisotopic (exact) mass is 405 g/mol. The van der Waals surface area contributed by atoms with E-state index in [1.165, 1.54) is 0 Å². The number of carbonyl (C=O) groups excluding carboxylic acids is 1. The molecule has 1 saturated heterocycles. The number of amides is 1. The van der Waals surface area contributed by atoms with Gasteiger partial charge in [0.2, 0.25) is 5.91 Å². The molecule has 8 nitrogen and oxygen atoms in total. The summed E-state index contributed by atoms with van der Waals surface area (Å²) in [5.41, 5.74) is 1.37. The molecule has 150 valence electrons. The van der Waals surface area contributed by atoms with Crippen LogP contribution in [0.1, 0.15) is 25.0 Å².